The number of aryl methyl sites for hydroxylation is 1. The SMILES string of the molecule is CC(C)C(N)CCc1cccc2ncccc12. The topological polar surface area (TPSA) is 38.9 Å². The van der Waals surface area contributed by atoms with Gasteiger partial charge in [-0.25, -0.2) is 0 Å². The van der Waals surface area contributed by atoms with Crippen molar-refractivity contribution < 1.29 is 0 Å². The molecule has 0 aliphatic heterocycles. The highest BCUT2D eigenvalue weighted by Crippen LogP contribution is 2.19. The van der Waals surface area contributed by atoms with Crippen LogP contribution in [0, 0.1) is 5.92 Å². The molecule has 0 saturated carbocycles. The molecule has 1 unspecified atom stereocenters. The van der Waals surface area contributed by atoms with Crippen LogP contribution in [0.2, 0.25) is 0 Å². The third kappa shape index (κ3) is 2.83. The number of pyridine rings is 1. The maximum Gasteiger partial charge on any atom is 0.0704 e. The van der Waals surface area contributed by atoms with Gasteiger partial charge in [0.25, 0.3) is 0 Å². The largest absolute Gasteiger partial charge is 0.327 e. The summed E-state index contributed by atoms with van der Waals surface area (Å²) in [5.41, 5.74) is 8.52. The molecule has 0 fully saturated rings. The molecule has 0 saturated heterocycles. The fraction of sp³-hybridized carbons (Fsp3) is 0.400. The van der Waals surface area contributed by atoms with Crippen LogP contribution < -0.4 is 5.73 Å². The van der Waals surface area contributed by atoms with E-state index in [2.05, 4.69) is 43.1 Å². The van der Waals surface area contributed by atoms with Crippen LogP contribution in [0.5, 0.6) is 0 Å². The van der Waals surface area contributed by atoms with Gasteiger partial charge in [-0.15, -0.1) is 0 Å². The van der Waals surface area contributed by atoms with Crippen molar-refractivity contribution in [3.8, 4) is 0 Å². The molecule has 1 aromatic heterocycles. The number of aromatic nitrogens is 1. The van der Waals surface area contributed by atoms with E-state index >= 15 is 0 Å². The average Bonchev–Trinajstić information content (AvgIpc) is 2.35. The van der Waals surface area contributed by atoms with Crippen LogP contribution in [0.4, 0.5) is 0 Å². The molecule has 0 bridgehead atoms. The van der Waals surface area contributed by atoms with E-state index in [-0.39, 0.29) is 6.04 Å². The molecule has 0 aliphatic rings. The van der Waals surface area contributed by atoms with Crippen LogP contribution in [0.3, 0.4) is 0 Å². The molecule has 0 spiro atoms. The third-order valence-electron chi connectivity index (χ3n) is 3.34. The lowest BCUT2D eigenvalue weighted by Gasteiger charge is -2.15. The standard InChI is InChI=1S/C15H20N2/c1-11(2)14(16)9-8-12-5-3-7-15-13(12)6-4-10-17-15/h3-7,10-11,14H,8-9,16H2,1-2H3. The monoisotopic (exact) mass is 228 g/mol. The van der Waals surface area contributed by atoms with E-state index in [1.165, 1.54) is 10.9 Å². The maximum atomic E-state index is 6.09. The van der Waals surface area contributed by atoms with Gasteiger partial charge in [0.05, 0.1) is 5.52 Å². The molecule has 0 radical (unpaired) electrons. The molecule has 2 heteroatoms. The summed E-state index contributed by atoms with van der Waals surface area (Å²) in [5.74, 6) is 0.545. The van der Waals surface area contributed by atoms with Crippen LogP contribution in [0.25, 0.3) is 10.9 Å². The number of nitrogens with two attached hydrogens (primary N) is 1. The van der Waals surface area contributed by atoms with Crippen LogP contribution >= 0.6 is 0 Å². The van der Waals surface area contributed by atoms with Gasteiger partial charge in [-0.3, -0.25) is 4.98 Å². The molecule has 0 amide bonds. The van der Waals surface area contributed by atoms with E-state index in [4.69, 9.17) is 5.73 Å². The predicted molar refractivity (Wildman–Crippen MR) is 72.9 cm³/mol. The third-order valence-corrected chi connectivity index (χ3v) is 3.34. The van der Waals surface area contributed by atoms with Gasteiger partial charge in [0.1, 0.15) is 0 Å². The van der Waals surface area contributed by atoms with E-state index in [9.17, 15) is 0 Å². The molecule has 2 nitrogen and oxygen atoms in total. The zero-order valence-corrected chi connectivity index (χ0v) is 10.6. The van der Waals surface area contributed by atoms with E-state index in [0.29, 0.717) is 5.92 Å². The summed E-state index contributed by atoms with van der Waals surface area (Å²) in [4.78, 5) is 4.37. The Hall–Kier alpha value is -1.41. The first-order valence-electron chi connectivity index (χ1n) is 6.26. The van der Waals surface area contributed by atoms with Crippen molar-refractivity contribution in [2.24, 2.45) is 11.7 Å². The van der Waals surface area contributed by atoms with Crippen molar-refractivity contribution in [1.82, 2.24) is 4.98 Å². The summed E-state index contributed by atoms with van der Waals surface area (Å²) in [5, 5.41) is 1.26. The van der Waals surface area contributed by atoms with Crippen molar-refractivity contribution in [3.05, 3.63) is 42.1 Å². The first-order valence-corrected chi connectivity index (χ1v) is 6.26. The van der Waals surface area contributed by atoms with Gasteiger partial charge in [-0.2, -0.15) is 0 Å². The second-order valence-electron chi connectivity index (χ2n) is 4.93. The van der Waals surface area contributed by atoms with Gasteiger partial charge in [-0.05, 0) is 36.5 Å². The lowest BCUT2D eigenvalue weighted by atomic mass is 9.96. The minimum absolute atomic E-state index is 0.280. The lowest BCUT2D eigenvalue weighted by molar-refractivity contribution is 0.465. The number of rotatable bonds is 4. The highest BCUT2D eigenvalue weighted by atomic mass is 14.6. The average molecular weight is 228 g/mol. The number of hydrogen-bond acceptors (Lipinski definition) is 2. The number of benzene rings is 1. The first kappa shape index (κ1) is 12.1. The van der Waals surface area contributed by atoms with Gasteiger partial charge >= 0.3 is 0 Å². The molecule has 2 rings (SSSR count). The number of nitrogens with zero attached hydrogens (tertiary/aromatic N) is 1. The van der Waals surface area contributed by atoms with Crippen molar-refractivity contribution in [2.45, 2.75) is 32.7 Å². The van der Waals surface area contributed by atoms with E-state index < -0.39 is 0 Å². The van der Waals surface area contributed by atoms with Crippen molar-refractivity contribution in [2.75, 3.05) is 0 Å². The summed E-state index contributed by atoms with van der Waals surface area (Å²) in [6.07, 6.45) is 3.90. The second kappa shape index (κ2) is 5.28. The summed E-state index contributed by atoms with van der Waals surface area (Å²) < 4.78 is 0. The number of fused-ring (bicyclic) bond motifs is 1. The van der Waals surface area contributed by atoms with Crippen LogP contribution in [0.1, 0.15) is 25.8 Å². The molecule has 17 heavy (non-hydrogen) atoms. The molecule has 2 aromatic rings. The normalized spacial score (nSPS) is 13.2. The Kier molecular flexibility index (Phi) is 3.75. The highest BCUT2D eigenvalue weighted by molar-refractivity contribution is 5.81. The zero-order valence-electron chi connectivity index (χ0n) is 10.6. The lowest BCUT2D eigenvalue weighted by Crippen LogP contribution is -2.26. The van der Waals surface area contributed by atoms with Gasteiger partial charge in [0.2, 0.25) is 0 Å². The minimum Gasteiger partial charge on any atom is -0.327 e. The summed E-state index contributed by atoms with van der Waals surface area (Å²) >= 11 is 0. The Morgan fingerprint density at radius 2 is 2.00 bits per heavy atom. The fourth-order valence-corrected chi connectivity index (χ4v) is 2.04. The van der Waals surface area contributed by atoms with Crippen LogP contribution in [-0.2, 0) is 6.42 Å². The molecule has 1 atom stereocenters. The van der Waals surface area contributed by atoms with Gasteiger partial charge in [0, 0.05) is 17.6 Å². The molecular formula is C15H20N2. The number of hydrogen-bond donors (Lipinski definition) is 1. The van der Waals surface area contributed by atoms with E-state index in [1.807, 2.05) is 12.3 Å². The highest BCUT2D eigenvalue weighted by Gasteiger charge is 2.08. The van der Waals surface area contributed by atoms with Crippen molar-refractivity contribution in [3.63, 3.8) is 0 Å². The van der Waals surface area contributed by atoms with Crippen molar-refractivity contribution >= 4 is 10.9 Å². The Labute approximate surface area is 103 Å². The minimum atomic E-state index is 0.280. The summed E-state index contributed by atoms with van der Waals surface area (Å²) in [6, 6.07) is 10.7. The Morgan fingerprint density at radius 3 is 2.76 bits per heavy atom. The Bertz CT molecular complexity index is 486. The second-order valence-corrected chi connectivity index (χ2v) is 4.93. The van der Waals surface area contributed by atoms with Gasteiger partial charge < -0.3 is 5.73 Å². The van der Waals surface area contributed by atoms with Crippen LogP contribution in [0.15, 0.2) is 36.5 Å². The maximum absolute atomic E-state index is 6.09. The van der Waals surface area contributed by atoms with E-state index in [1.54, 1.807) is 0 Å². The van der Waals surface area contributed by atoms with Crippen LogP contribution in [-0.4, -0.2) is 11.0 Å². The van der Waals surface area contributed by atoms with Gasteiger partial charge in [0.15, 0.2) is 0 Å². The molecule has 2 N–H and O–H groups in total. The zero-order chi connectivity index (χ0) is 12.3. The molecule has 0 aliphatic carbocycles. The molecular weight excluding hydrogens is 208 g/mol. The summed E-state index contributed by atoms with van der Waals surface area (Å²) in [6.45, 7) is 4.35. The first-order chi connectivity index (χ1) is 8.18. The quantitative estimate of drug-likeness (QED) is 0.873. The van der Waals surface area contributed by atoms with Crippen molar-refractivity contribution in [1.29, 1.82) is 0 Å². The van der Waals surface area contributed by atoms with E-state index in [0.717, 1.165) is 18.4 Å². The summed E-state index contributed by atoms with van der Waals surface area (Å²) in [7, 11) is 0. The molecule has 90 valence electrons. The molecule has 1 aromatic carbocycles. The Balaban J connectivity index is 2.19. The smallest absolute Gasteiger partial charge is 0.0704 e. The molecule has 1 heterocycles. The Morgan fingerprint density at radius 1 is 1.18 bits per heavy atom. The van der Waals surface area contributed by atoms with Gasteiger partial charge in [-0.1, -0.05) is 32.0 Å². The fourth-order valence-electron chi connectivity index (χ4n) is 2.04. The predicted octanol–water partition coefficient (Wildman–Crippen LogP) is 3.15.